The van der Waals surface area contributed by atoms with Gasteiger partial charge in [-0.2, -0.15) is 4.98 Å². The normalized spacial score (nSPS) is 10.2. The van der Waals surface area contributed by atoms with Gasteiger partial charge in [0, 0.05) is 12.2 Å². The average Bonchev–Trinajstić information content (AvgIpc) is 2.40. The van der Waals surface area contributed by atoms with Crippen molar-refractivity contribution in [2.24, 2.45) is 0 Å². The summed E-state index contributed by atoms with van der Waals surface area (Å²) >= 11 is 5.74. The number of halogens is 1. The van der Waals surface area contributed by atoms with Crippen molar-refractivity contribution in [3.63, 3.8) is 0 Å². The van der Waals surface area contributed by atoms with Crippen LogP contribution in [-0.2, 0) is 0 Å². The Morgan fingerprint density at radius 3 is 2.63 bits per heavy atom. The molecular weight excluding hydrogens is 268 g/mol. The van der Waals surface area contributed by atoms with E-state index in [4.69, 9.17) is 11.6 Å². The van der Waals surface area contributed by atoms with Crippen LogP contribution in [0.1, 0.15) is 6.92 Å². The molecule has 0 aliphatic carbocycles. The van der Waals surface area contributed by atoms with E-state index in [-0.39, 0.29) is 16.8 Å². The van der Waals surface area contributed by atoms with Gasteiger partial charge in [0.05, 0.1) is 4.92 Å². The van der Waals surface area contributed by atoms with Gasteiger partial charge in [0.15, 0.2) is 0 Å². The molecule has 0 saturated heterocycles. The fourth-order valence-electron chi connectivity index (χ4n) is 1.74. The van der Waals surface area contributed by atoms with Crippen molar-refractivity contribution in [2.75, 3.05) is 11.4 Å². The predicted molar refractivity (Wildman–Crippen MR) is 72.8 cm³/mol. The Bertz CT molecular complexity index is 592. The second kappa shape index (κ2) is 5.62. The van der Waals surface area contributed by atoms with Crippen molar-refractivity contribution in [1.82, 2.24) is 9.97 Å². The molecule has 0 saturated carbocycles. The van der Waals surface area contributed by atoms with E-state index in [0.717, 1.165) is 11.9 Å². The number of benzene rings is 1. The van der Waals surface area contributed by atoms with Crippen molar-refractivity contribution in [3.05, 3.63) is 51.9 Å². The highest BCUT2D eigenvalue weighted by Crippen LogP contribution is 2.31. The van der Waals surface area contributed by atoms with Gasteiger partial charge in [0.25, 0.3) is 0 Å². The molecular formula is C12H11ClN4O2. The molecule has 0 amide bonds. The second-order valence-electron chi connectivity index (χ2n) is 3.68. The molecule has 0 spiro atoms. The van der Waals surface area contributed by atoms with Crippen molar-refractivity contribution in [3.8, 4) is 0 Å². The molecule has 1 heterocycles. The zero-order valence-corrected chi connectivity index (χ0v) is 10.9. The average molecular weight is 279 g/mol. The lowest BCUT2D eigenvalue weighted by atomic mass is 10.2. The molecule has 0 atom stereocenters. The van der Waals surface area contributed by atoms with E-state index in [1.54, 1.807) is 4.90 Å². The number of hydrogen-bond acceptors (Lipinski definition) is 5. The summed E-state index contributed by atoms with van der Waals surface area (Å²) in [6, 6.07) is 9.28. The van der Waals surface area contributed by atoms with Crippen molar-refractivity contribution >= 4 is 28.8 Å². The summed E-state index contributed by atoms with van der Waals surface area (Å²) in [5.41, 5.74) is 0.637. The first kappa shape index (κ1) is 13.2. The molecule has 0 bridgehead atoms. The molecule has 0 fully saturated rings. The monoisotopic (exact) mass is 278 g/mol. The largest absolute Gasteiger partial charge is 0.330 e. The highest BCUT2D eigenvalue weighted by Gasteiger charge is 2.22. The molecule has 19 heavy (non-hydrogen) atoms. The quantitative estimate of drug-likeness (QED) is 0.488. The molecule has 0 aliphatic heterocycles. The van der Waals surface area contributed by atoms with Crippen LogP contribution in [0, 0.1) is 10.1 Å². The zero-order valence-electron chi connectivity index (χ0n) is 10.2. The zero-order chi connectivity index (χ0) is 13.8. The fraction of sp³-hybridized carbons (Fsp3) is 0.167. The molecule has 2 rings (SSSR count). The molecule has 1 aromatic heterocycles. The van der Waals surface area contributed by atoms with Crippen LogP contribution in [0.3, 0.4) is 0 Å². The van der Waals surface area contributed by atoms with E-state index < -0.39 is 4.92 Å². The smallest absolute Gasteiger partial charge is 0.321 e. The summed E-state index contributed by atoms with van der Waals surface area (Å²) in [5, 5.41) is 11.0. The number of aromatic nitrogens is 2. The van der Waals surface area contributed by atoms with Gasteiger partial charge in [-0.15, -0.1) is 0 Å². The molecule has 0 radical (unpaired) electrons. The minimum absolute atomic E-state index is 0.0185. The first-order valence-electron chi connectivity index (χ1n) is 5.63. The highest BCUT2D eigenvalue weighted by atomic mass is 35.5. The van der Waals surface area contributed by atoms with Crippen LogP contribution in [0.15, 0.2) is 36.5 Å². The van der Waals surface area contributed by atoms with Gasteiger partial charge in [0.1, 0.15) is 6.20 Å². The van der Waals surface area contributed by atoms with Crippen molar-refractivity contribution in [2.45, 2.75) is 6.92 Å². The number of nitrogens with zero attached hydrogens (tertiary/aromatic N) is 4. The van der Waals surface area contributed by atoms with E-state index in [1.165, 1.54) is 0 Å². The summed E-state index contributed by atoms with van der Waals surface area (Å²) in [6.07, 6.45) is 1.12. The van der Waals surface area contributed by atoms with Crippen LogP contribution in [0.5, 0.6) is 0 Å². The Labute approximate surface area is 114 Å². The fourth-order valence-corrected chi connectivity index (χ4v) is 1.86. The maximum atomic E-state index is 11.0. The molecule has 0 aliphatic rings. The van der Waals surface area contributed by atoms with Crippen LogP contribution < -0.4 is 4.90 Å². The first-order chi connectivity index (χ1) is 9.13. The van der Waals surface area contributed by atoms with E-state index >= 15 is 0 Å². The molecule has 7 heteroatoms. The lowest BCUT2D eigenvalue weighted by molar-refractivity contribution is -0.384. The Balaban J connectivity index is 2.55. The highest BCUT2D eigenvalue weighted by molar-refractivity contribution is 6.28. The molecule has 2 aromatic rings. The van der Waals surface area contributed by atoms with Crippen LogP contribution >= 0.6 is 11.6 Å². The maximum Gasteiger partial charge on any atom is 0.330 e. The number of rotatable bonds is 4. The van der Waals surface area contributed by atoms with Crippen LogP contribution in [-0.4, -0.2) is 21.4 Å². The van der Waals surface area contributed by atoms with Crippen LogP contribution in [0.2, 0.25) is 5.28 Å². The van der Waals surface area contributed by atoms with Crippen molar-refractivity contribution < 1.29 is 4.92 Å². The van der Waals surface area contributed by atoms with Gasteiger partial charge in [0.2, 0.25) is 11.1 Å². The molecule has 6 nitrogen and oxygen atoms in total. The Morgan fingerprint density at radius 1 is 1.37 bits per heavy atom. The minimum Gasteiger partial charge on any atom is -0.321 e. The lowest BCUT2D eigenvalue weighted by Gasteiger charge is -2.21. The number of nitro groups is 1. The molecule has 1 aromatic carbocycles. The van der Waals surface area contributed by atoms with Gasteiger partial charge < -0.3 is 4.90 Å². The van der Waals surface area contributed by atoms with Crippen molar-refractivity contribution in [1.29, 1.82) is 0 Å². The van der Waals surface area contributed by atoms with Gasteiger partial charge in [-0.05, 0) is 30.7 Å². The third-order valence-corrected chi connectivity index (χ3v) is 2.74. The second-order valence-corrected chi connectivity index (χ2v) is 4.02. The van der Waals surface area contributed by atoms with E-state index in [9.17, 15) is 10.1 Å². The minimum atomic E-state index is -0.517. The lowest BCUT2D eigenvalue weighted by Crippen LogP contribution is -2.19. The third kappa shape index (κ3) is 2.79. The SMILES string of the molecule is CCN(c1ccccc1)c1nc(Cl)ncc1[N+](=O)[O-]. The third-order valence-electron chi connectivity index (χ3n) is 2.56. The summed E-state index contributed by atoms with van der Waals surface area (Å²) in [5.74, 6) is 0.193. The standard InChI is InChI=1S/C12H11ClN4O2/c1-2-16(9-6-4-3-5-7-9)11-10(17(18)19)8-14-12(13)15-11/h3-8H,2H2,1H3. The van der Waals surface area contributed by atoms with E-state index in [1.807, 2.05) is 37.3 Å². The Morgan fingerprint density at radius 2 is 2.05 bits per heavy atom. The number of hydrogen-bond donors (Lipinski definition) is 0. The summed E-state index contributed by atoms with van der Waals surface area (Å²) in [4.78, 5) is 19.9. The van der Waals surface area contributed by atoms with E-state index in [0.29, 0.717) is 6.54 Å². The maximum absolute atomic E-state index is 11.0. The Hall–Kier alpha value is -2.21. The van der Waals surface area contributed by atoms with Gasteiger partial charge in [-0.25, -0.2) is 4.98 Å². The summed E-state index contributed by atoms with van der Waals surface area (Å²) in [6.45, 7) is 2.41. The predicted octanol–water partition coefficient (Wildman–Crippen LogP) is 3.20. The van der Waals surface area contributed by atoms with Crippen LogP contribution in [0.25, 0.3) is 0 Å². The Kier molecular flexibility index (Phi) is 3.91. The van der Waals surface area contributed by atoms with Crippen LogP contribution in [0.4, 0.5) is 17.2 Å². The summed E-state index contributed by atoms with van der Waals surface area (Å²) < 4.78 is 0. The number of anilines is 2. The van der Waals surface area contributed by atoms with Gasteiger partial charge in [-0.1, -0.05) is 18.2 Å². The van der Waals surface area contributed by atoms with Gasteiger partial charge >= 0.3 is 5.69 Å². The molecule has 0 unspecified atom stereocenters. The topological polar surface area (TPSA) is 72.2 Å². The first-order valence-corrected chi connectivity index (χ1v) is 6.00. The van der Waals surface area contributed by atoms with E-state index in [2.05, 4.69) is 9.97 Å². The molecule has 98 valence electrons. The molecule has 0 N–H and O–H groups in total. The van der Waals surface area contributed by atoms with Gasteiger partial charge in [-0.3, -0.25) is 10.1 Å². The number of para-hydroxylation sites is 1. The summed E-state index contributed by atoms with van der Waals surface area (Å²) in [7, 11) is 0.